The van der Waals surface area contributed by atoms with E-state index in [1.54, 1.807) is 17.0 Å². The fourth-order valence-corrected chi connectivity index (χ4v) is 3.63. The second-order valence-corrected chi connectivity index (χ2v) is 7.95. The van der Waals surface area contributed by atoms with Gasteiger partial charge in [-0.25, -0.2) is 0 Å². The van der Waals surface area contributed by atoms with Crippen molar-refractivity contribution in [3.8, 4) is 0 Å². The van der Waals surface area contributed by atoms with Crippen LogP contribution < -0.4 is 0 Å². The molecule has 1 heterocycles. The number of ketones is 1. The summed E-state index contributed by atoms with van der Waals surface area (Å²) in [6, 6.07) is 15.4. The molecule has 0 saturated carbocycles. The van der Waals surface area contributed by atoms with Crippen molar-refractivity contribution >= 4 is 27.7 Å². The van der Waals surface area contributed by atoms with Gasteiger partial charge < -0.3 is 4.74 Å². The Hall–Kier alpha value is -2.19. The monoisotopic (exact) mass is 469 g/mol. The molecular weight excluding hydrogens is 451 g/mol. The van der Waals surface area contributed by atoms with E-state index in [0.29, 0.717) is 6.54 Å². The molecule has 0 radical (unpaired) electrons. The fraction of sp³-hybridized carbons (Fsp3) is 0.333. The van der Waals surface area contributed by atoms with Gasteiger partial charge in [0.25, 0.3) is 0 Å². The number of alkyl halides is 3. The van der Waals surface area contributed by atoms with E-state index in [1.807, 2.05) is 30.3 Å². The molecule has 0 aromatic heterocycles. The lowest BCUT2D eigenvalue weighted by molar-refractivity contribution is -0.230. The Morgan fingerprint density at radius 1 is 1.07 bits per heavy atom. The molecule has 1 saturated heterocycles. The van der Waals surface area contributed by atoms with Gasteiger partial charge in [0.2, 0.25) is 0 Å². The van der Waals surface area contributed by atoms with Crippen LogP contribution in [0.5, 0.6) is 0 Å². The molecule has 1 fully saturated rings. The lowest BCUT2D eigenvalue weighted by Gasteiger charge is -2.29. The van der Waals surface area contributed by atoms with Crippen molar-refractivity contribution in [2.75, 3.05) is 19.7 Å². The van der Waals surface area contributed by atoms with Crippen molar-refractivity contribution < 1.29 is 27.5 Å². The Morgan fingerprint density at radius 2 is 1.72 bits per heavy atom. The Balaban J connectivity index is 1.67. The number of hydrogen-bond donors (Lipinski definition) is 0. The fourth-order valence-electron chi connectivity index (χ4n) is 3.37. The lowest BCUT2D eigenvalue weighted by atomic mass is 9.86. The standard InChI is InChI=1S/C21H19BrF3NO3/c22-17-8-6-16(7-9-17)18(27)13-29-19(28)20(21(23,24)25)10-11-26(14-20)12-15-4-2-1-3-5-15/h1-9H,10-14H2. The molecule has 154 valence electrons. The first-order valence-electron chi connectivity index (χ1n) is 9.00. The van der Waals surface area contributed by atoms with Gasteiger partial charge in [-0.2, -0.15) is 13.2 Å². The first kappa shape index (κ1) is 21.5. The van der Waals surface area contributed by atoms with Crippen molar-refractivity contribution in [2.24, 2.45) is 5.41 Å². The van der Waals surface area contributed by atoms with Gasteiger partial charge in [0, 0.05) is 29.7 Å². The molecule has 2 aromatic carbocycles. The third kappa shape index (κ3) is 4.87. The molecular formula is C21H19BrF3NO3. The summed E-state index contributed by atoms with van der Waals surface area (Å²) in [5.41, 5.74) is -1.50. The van der Waals surface area contributed by atoms with Crippen LogP contribution in [0.4, 0.5) is 13.2 Å². The van der Waals surface area contributed by atoms with E-state index in [9.17, 15) is 22.8 Å². The van der Waals surface area contributed by atoms with Gasteiger partial charge in [-0.05, 0) is 24.1 Å². The highest BCUT2D eigenvalue weighted by Gasteiger charge is 2.64. The molecule has 0 spiro atoms. The molecule has 0 N–H and O–H groups in total. The van der Waals surface area contributed by atoms with Crippen molar-refractivity contribution in [3.05, 3.63) is 70.2 Å². The average Bonchev–Trinajstić information content (AvgIpc) is 3.12. The molecule has 1 aliphatic rings. The van der Waals surface area contributed by atoms with Crippen LogP contribution in [0.3, 0.4) is 0 Å². The van der Waals surface area contributed by atoms with Crippen LogP contribution in [0.25, 0.3) is 0 Å². The van der Waals surface area contributed by atoms with Crippen LogP contribution in [0.2, 0.25) is 0 Å². The minimum absolute atomic E-state index is 0.115. The van der Waals surface area contributed by atoms with Gasteiger partial charge >= 0.3 is 12.1 Å². The van der Waals surface area contributed by atoms with Crippen LogP contribution in [-0.2, 0) is 16.1 Å². The topological polar surface area (TPSA) is 46.6 Å². The summed E-state index contributed by atoms with van der Waals surface area (Å²) in [6.07, 6.45) is -5.16. The smallest absolute Gasteiger partial charge is 0.406 e. The minimum atomic E-state index is -4.77. The van der Waals surface area contributed by atoms with E-state index in [-0.39, 0.29) is 12.1 Å². The van der Waals surface area contributed by atoms with Gasteiger partial charge in [0.15, 0.2) is 17.8 Å². The van der Waals surface area contributed by atoms with E-state index in [4.69, 9.17) is 4.74 Å². The highest BCUT2D eigenvalue weighted by atomic mass is 79.9. The number of nitrogens with zero attached hydrogens (tertiary/aromatic N) is 1. The average molecular weight is 470 g/mol. The molecule has 1 aliphatic heterocycles. The number of halogens is 4. The van der Waals surface area contributed by atoms with Crippen LogP contribution in [-0.4, -0.2) is 42.5 Å². The second kappa shape index (κ2) is 8.67. The number of benzene rings is 2. The van der Waals surface area contributed by atoms with Gasteiger partial charge in [-0.15, -0.1) is 0 Å². The molecule has 0 amide bonds. The van der Waals surface area contributed by atoms with Crippen LogP contribution in [0.15, 0.2) is 59.1 Å². The number of esters is 1. The largest absolute Gasteiger partial charge is 0.457 e. The number of ether oxygens (including phenoxy) is 1. The maximum Gasteiger partial charge on any atom is 0.406 e. The summed E-state index contributed by atoms with van der Waals surface area (Å²) >= 11 is 3.23. The molecule has 3 rings (SSSR count). The summed E-state index contributed by atoms with van der Waals surface area (Å²) in [4.78, 5) is 26.2. The van der Waals surface area contributed by atoms with E-state index in [2.05, 4.69) is 15.9 Å². The molecule has 4 nitrogen and oxygen atoms in total. The Morgan fingerprint density at radius 3 is 2.34 bits per heavy atom. The van der Waals surface area contributed by atoms with Gasteiger partial charge in [0.1, 0.15) is 0 Å². The Bertz CT molecular complexity index is 871. The molecule has 8 heteroatoms. The first-order chi connectivity index (χ1) is 13.7. The second-order valence-electron chi connectivity index (χ2n) is 7.03. The van der Waals surface area contributed by atoms with E-state index < -0.39 is 42.9 Å². The summed E-state index contributed by atoms with van der Waals surface area (Å²) in [6.45, 7) is -0.790. The number of carbonyl (C=O) groups is 2. The zero-order valence-electron chi connectivity index (χ0n) is 15.4. The van der Waals surface area contributed by atoms with Crippen molar-refractivity contribution in [1.29, 1.82) is 0 Å². The Kier molecular flexibility index (Phi) is 6.43. The molecule has 29 heavy (non-hydrogen) atoms. The summed E-state index contributed by atoms with van der Waals surface area (Å²) in [5, 5.41) is 0. The van der Waals surface area contributed by atoms with Crippen LogP contribution in [0.1, 0.15) is 22.3 Å². The SMILES string of the molecule is O=C(COC(=O)C1(C(F)(F)F)CCN(Cc2ccccc2)C1)c1ccc(Br)cc1. The van der Waals surface area contributed by atoms with E-state index >= 15 is 0 Å². The third-order valence-electron chi connectivity index (χ3n) is 5.03. The predicted molar refractivity (Wildman–Crippen MR) is 104 cm³/mol. The summed E-state index contributed by atoms with van der Waals surface area (Å²) in [5.74, 6) is -1.95. The third-order valence-corrected chi connectivity index (χ3v) is 5.56. The predicted octanol–water partition coefficient (Wildman–Crippen LogP) is 4.63. The summed E-state index contributed by atoms with van der Waals surface area (Å²) < 4.78 is 47.2. The highest BCUT2D eigenvalue weighted by molar-refractivity contribution is 9.10. The minimum Gasteiger partial charge on any atom is -0.457 e. The molecule has 2 aromatic rings. The molecule has 0 aliphatic carbocycles. The Labute approximate surface area is 174 Å². The van der Waals surface area contributed by atoms with Crippen LogP contribution >= 0.6 is 15.9 Å². The van der Waals surface area contributed by atoms with E-state index in [0.717, 1.165) is 10.0 Å². The quantitative estimate of drug-likeness (QED) is 0.457. The number of hydrogen-bond acceptors (Lipinski definition) is 4. The van der Waals surface area contributed by atoms with Crippen molar-refractivity contribution in [3.63, 3.8) is 0 Å². The normalized spacial score (nSPS) is 19.9. The summed E-state index contributed by atoms with van der Waals surface area (Å²) in [7, 11) is 0. The molecule has 1 atom stereocenters. The van der Waals surface area contributed by atoms with Gasteiger partial charge in [-0.3, -0.25) is 14.5 Å². The number of carbonyl (C=O) groups excluding carboxylic acids is 2. The molecule has 1 unspecified atom stereocenters. The van der Waals surface area contributed by atoms with Crippen LogP contribution in [0, 0.1) is 5.41 Å². The zero-order chi connectivity index (χ0) is 21.1. The van der Waals surface area contributed by atoms with E-state index in [1.165, 1.54) is 12.1 Å². The highest BCUT2D eigenvalue weighted by Crippen LogP contribution is 2.46. The zero-order valence-corrected chi connectivity index (χ0v) is 17.0. The first-order valence-corrected chi connectivity index (χ1v) is 9.79. The van der Waals surface area contributed by atoms with Gasteiger partial charge in [-0.1, -0.05) is 58.4 Å². The maximum absolute atomic E-state index is 13.9. The number of rotatable bonds is 6. The van der Waals surface area contributed by atoms with Gasteiger partial charge in [0.05, 0.1) is 0 Å². The number of Topliss-reactive ketones (excluding diaryl/α,β-unsaturated/α-hetero) is 1. The maximum atomic E-state index is 13.9. The van der Waals surface area contributed by atoms with Crippen molar-refractivity contribution in [2.45, 2.75) is 19.1 Å². The molecule has 0 bridgehead atoms. The number of likely N-dealkylation sites (tertiary alicyclic amines) is 1. The lowest BCUT2D eigenvalue weighted by Crippen LogP contribution is -2.48. The van der Waals surface area contributed by atoms with Crippen molar-refractivity contribution in [1.82, 2.24) is 4.90 Å².